The van der Waals surface area contributed by atoms with Crippen LogP contribution in [0.25, 0.3) is 0 Å². The molecule has 2 rings (SSSR count). The van der Waals surface area contributed by atoms with Crippen molar-refractivity contribution in [2.45, 2.75) is 19.8 Å². The summed E-state index contributed by atoms with van der Waals surface area (Å²) >= 11 is 0. The van der Waals surface area contributed by atoms with E-state index in [1.165, 1.54) is 4.31 Å². The molecule has 1 amide bonds. The normalized spacial score (nSPS) is 15.8. The van der Waals surface area contributed by atoms with Crippen LogP contribution in [-0.4, -0.2) is 74.0 Å². The number of nitrogens with zero attached hydrogens (tertiary/aromatic N) is 4. The van der Waals surface area contributed by atoms with Crippen LogP contribution in [0.3, 0.4) is 0 Å². The summed E-state index contributed by atoms with van der Waals surface area (Å²) in [4.78, 5) is 20.6. The van der Waals surface area contributed by atoms with Crippen LogP contribution in [0, 0.1) is 0 Å². The summed E-state index contributed by atoms with van der Waals surface area (Å²) < 4.78 is 24.9. The van der Waals surface area contributed by atoms with Crippen LogP contribution in [0.4, 0.5) is 5.82 Å². The maximum absolute atomic E-state index is 12.4. The predicted molar refractivity (Wildman–Crippen MR) is 94.4 cm³/mol. The van der Waals surface area contributed by atoms with Gasteiger partial charge in [-0.2, -0.15) is 4.31 Å². The van der Waals surface area contributed by atoms with Crippen molar-refractivity contribution < 1.29 is 13.2 Å². The van der Waals surface area contributed by atoms with Crippen molar-refractivity contribution in [2.75, 3.05) is 50.4 Å². The van der Waals surface area contributed by atoms with Gasteiger partial charge in [0.15, 0.2) is 0 Å². The summed E-state index contributed by atoms with van der Waals surface area (Å²) in [6.07, 6.45) is 4.57. The maximum Gasteiger partial charge on any atom is 0.238 e. The standard InChI is InChI=1S/C16H26N4O3S/c1-3-4-9-20(24(2,22)23)14-16(21)19-12-10-18(11-13-19)15-7-5-6-8-17-15/h5-8H,3-4,9-14H2,1-2H3. The van der Waals surface area contributed by atoms with Crippen LogP contribution in [0.1, 0.15) is 19.8 Å². The predicted octanol–water partition coefficient (Wildman–Crippen LogP) is 0.792. The lowest BCUT2D eigenvalue weighted by atomic mass is 10.3. The summed E-state index contributed by atoms with van der Waals surface area (Å²) in [6.45, 7) is 4.91. The number of carbonyl (C=O) groups excluding carboxylic acids is 1. The molecule has 0 bridgehead atoms. The first kappa shape index (κ1) is 18.7. The van der Waals surface area contributed by atoms with Gasteiger partial charge in [0.05, 0.1) is 12.8 Å². The molecule has 1 fully saturated rings. The Balaban J connectivity index is 1.89. The van der Waals surface area contributed by atoms with Crippen molar-refractivity contribution in [2.24, 2.45) is 0 Å². The molecule has 0 atom stereocenters. The van der Waals surface area contributed by atoms with Gasteiger partial charge in [-0.15, -0.1) is 0 Å². The molecule has 0 aromatic carbocycles. The number of pyridine rings is 1. The third-order valence-electron chi connectivity index (χ3n) is 4.15. The molecule has 1 aromatic heterocycles. The molecular weight excluding hydrogens is 328 g/mol. The van der Waals surface area contributed by atoms with Gasteiger partial charge in [-0.05, 0) is 18.6 Å². The van der Waals surface area contributed by atoms with Gasteiger partial charge in [0.2, 0.25) is 15.9 Å². The lowest BCUT2D eigenvalue weighted by Crippen LogP contribution is -2.52. The Bertz CT molecular complexity index is 628. The van der Waals surface area contributed by atoms with Gasteiger partial charge < -0.3 is 9.80 Å². The zero-order chi connectivity index (χ0) is 17.6. The SMILES string of the molecule is CCCCN(CC(=O)N1CCN(c2ccccn2)CC1)S(C)(=O)=O. The first-order chi connectivity index (χ1) is 11.4. The lowest BCUT2D eigenvalue weighted by molar-refractivity contribution is -0.131. The molecule has 0 saturated carbocycles. The molecule has 0 aliphatic carbocycles. The second-order valence-corrected chi connectivity index (χ2v) is 7.99. The van der Waals surface area contributed by atoms with Crippen LogP contribution in [-0.2, 0) is 14.8 Å². The zero-order valence-corrected chi connectivity index (χ0v) is 15.2. The summed E-state index contributed by atoms with van der Waals surface area (Å²) in [6, 6.07) is 5.77. The fraction of sp³-hybridized carbons (Fsp3) is 0.625. The number of amides is 1. The van der Waals surface area contributed by atoms with Crippen molar-refractivity contribution >= 4 is 21.7 Å². The molecule has 134 valence electrons. The molecule has 2 heterocycles. The van der Waals surface area contributed by atoms with Crippen LogP contribution in [0.2, 0.25) is 0 Å². The zero-order valence-electron chi connectivity index (χ0n) is 14.4. The molecule has 0 N–H and O–H groups in total. The summed E-state index contributed by atoms with van der Waals surface area (Å²) in [5, 5.41) is 0. The topological polar surface area (TPSA) is 73.8 Å². The molecule has 24 heavy (non-hydrogen) atoms. The Morgan fingerprint density at radius 3 is 2.50 bits per heavy atom. The maximum atomic E-state index is 12.4. The van der Waals surface area contributed by atoms with Crippen LogP contribution < -0.4 is 4.90 Å². The van der Waals surface area contributed by atoms with Crippen LogP contribution in [0.5, 0.6) is 0 Å². The molecule has 1 saturated heterocycles. The molecule has 0 radical (unpaired) electrons. The lowest BCUT2D eigenvalue weighted by Gasteiger charge is -2.36. The minimum absolute atomic E-state index is 0.0670. The van der Waals surface area contributed by atoms with Gasteiger partial charge in [0.25, 0.3) is 0 Å². The molecule has 7 nitrogen and oxygen atoms in total. The van der Waals surface area contributed by atoms with Gasteiger partial charge in [-0.3, -0.25) is 4.79 Å². The fourth-order valence-corrected chi connectivity index (χ4v) is 3.48. The summed E-state index contributed by atoms with van der Waals surface area (Å²) in [5.41, 5.74) is 0. The highest BCUT2D eigenvalue weighted by Crippen LogP contribution is 2.13. The number of rotatable bonds is 7. The van der Waals surface area contributed by atoms with Crippen LogP contribution >= 0.6 is 0 Å². The van der Waals surface area contributed by atoms with E-state index in [0.717, 1.165) is 24.9 Å². The van der Waals surface area contributed by atoms with E-state index in [-0.39, 0.29) is 12.5 Å². The van der Waals surface area contributed by atoms with Crippen molar-refractivity contribution in [3.63, 3.8) is 0 Å². The molecule has 1 aromatic rings. The summed E-state index contributed by atoms with van der Waals surface area (Å²) in [7, 11) is -3.36. The Morgan fingerprint density at radius 1 is 1.25 bits per heavy atom. The first-order valence-electron chi connectivity index (χ1n) is 8.30. The van der Waals surface area contributed by atoms with E-state index in [1.54, 1.807) is 11.1 Å². The van der Waals surface area contributed by atoms with Gasteiger partial charge in [-0.25, -0.2) is 13.4 Å². The third-order valence-corrected chi connectivity index (χ3v) is 5.40. The van der Waals surface area contributed by atoms with E-state index in [1.807, 2.05) is 25.1 Å². The molecule has 8 heteroatoms. The molecular formula is C16H26N4O3S. The van der Waals surface area contributed by atoms with E-state index >= 15 is 0 Å². The Kier molecular flexibility index (Phi) is 6.56. The molecule has 1 aliphatic rings. The van der Waals surface area contributed by atoms with Crippen molar-refractivity contribution in [3.8, 4) is 0 Å². The number of sulfonamides is 1. The first-order valence-corrected chi connectivity index (χ1v) is 10.2. The highest BCUT2D eigenvalue weighted by Gasteiger charge is 2.26. The number of hydrogen-bond acceptors (Lipinski definition) is 5. The van der Waals surface area contributed by atoms with E-state index in [9.17, 15) is 13.2 Å². The number of piperazine rings is 1. The van der Waals surface area contributed by atoms with Crippen molar-refractivity contribution in [3.05, 3.63) is 24.4 Å². The van der Waals surface area contributed by atoms with E-state index in [4.69, 9.17) is 0 Å². The number of unbranched alkanes of at least 4 members (excludes halogenated alkanes) is 1. The molecule has 0 unspecified atom stereocenters. The molecule has 1 aliphatic heterocycles. The minimum Gasteiger partial charge on any atom is -0.353 e. The second-order valence-electron chi connectivity index (χ2n) is 6.01. The number of anilines is 1. The van der Waals surface area contributed by atoms with E-state index < -0.39 is 10.0 Å². The Labute approximate surface area is 144 Å². The van der Waals surface area contributed by atoms with Crippen LogP contribution in [0.15, 0.2) is 24.4 Å². The smallest absolute Gasteiger partial charge is 0.238 e. The quantitative estimate of drug-likeness (QED) is 0.724. The van der Waals surface area contributed by atoms with Gasteiger partial charge in [0, 0.05) is 38.9 Å². The number of hydrogen-bond donors (Lipinski definition) is 0. The van der Waals surface area contributed by atoms with E-state index in [2.05, 4.69) is 9.88 Å². The summed E-state index contributed by atoms with van der Waals surface area (Å²) in [5.74, 6) is 0.780. The second kappa shape index (κ2) is 8.43. The Morgan fingerprint density at radius 2 is 1.96 bits per heavy atom. The fourth-order valence-electron chi connectivity index (χ4n) is 2.67. The largest absolute Gasteiger partial charge is 0.353 e. The van der Waals surface area contributed by atoms with E-state index in [0.29, 0.717) is 32.7 Å². The third kappa shape index (κ3) is 5.17. The highest BCUT2D eigenvalue weighted by atomic mass is 32.2. The monoisotopic (exact) mass is 354 g/mol. The van der Waals surface area contributed by atoms with Gasteiger partial charge in [0.1, 0.15) is 5.82 Å². The Hall–Kier alpha value is -1.67. The van der Waals surface area contributed by atoms with Crippen molar-refractivity contribution in [1.82, 2.24) is 14.2 Å². The highest BCUT2D eigenvalue weighted by molar-refractivity contribution is 7.88. The minimum atomic E-state index is -3.36. The molecule has 0 spiro atoms. The number of carbonyl (C=O) groups is 1. The van der Waals surface area contributed by atoms with Gasteiger partial charge >= 0.3 is 0 Å². The average Bonchev–Trinajstić information content (AvgIpc) is 2.58. The average molecular weight is 354 g/mol. The van der Waals surface area contributed by atoms with Gasteiger partial charge in [-0.1, -0.05) is 19.4 Å². The number of aromatic nitrogens is 1. The van der Waals surface area contributed by atoms with Crippen molar-refractivity contribution in [1.29, 1.82) is 0 Å².